The Balaban J connectivity index is 1.30. The molecule has 2 aliphatic heterocycles. The molecule has 1 N–H and O–H groups in total. The van der Waals surface area contributed by atoms with Crippen molar-refractivity contribution in [3.63, 3.8) is 0 Å². The number of hydrogen-bond acceptors (Lipinski definition) is 5. The van der Waals surface area contributed by atoms with Crippen molar-refractivity contribution in [3.05, 3.63) is 147 Å². The minimum atomic E-state index is -1.41. The Labute approximate surface area is 312 Å². The maximum atomic E-state index is 15.5. The van der Waals surface area contributed by atoms with Gasteiger partial charge < -0.3 is 5.11 Å². The van der Waals surface area contributed by atoms with E-state index >= 15 is 9.59 Å². The summed E-state index contributed by atoms with van der Waals surface area (Å²) in [5.41, 5.74) is 1.83. The number of nitrogens with zero attached hydrogens (tertiary/aromatic N) is 2. The number of fused-ring (bicyclic) bond motifs is 5. The maximum Gasteiger partial charge on any atom is 0.246 e. The van der Waals surface area contributed by atoms with Crippen molar-refractivity contribution in [3.8, 4) is 5.75 Å². The van der Waals surface area contributed by atoms with E-state index < -0.39 is 35.0 Å². The summed E-state index contributed by atoms with van der Waals surface area (Å²) in [5.74, 6) is -4.55. The van der Waals surface area contributed by atoms with E-state index in [1.54, 1.807) is 42.5 Å². The number of benzene rings is 5. The predicted molar refractivity (Wildman–Crippen MR) is 203 cm³/mol. The van der Waals surface area contributed by atoms with Crippen LogP contribution in [0.3, 0.4) is 0 Å². The minimum absolute atomic E-state index is 0.101. The van der Waals surface area contributed by atoms with Crippen molar-refractivity contribution in [2.45, 2.75) is 24.2 Å². The predicted octanol–water partition coefficient (Wildman–Crippen LogP) is 8.17. The third-order valence-corrected chi connectivity index (χ3v) is 12.5. The van der Waals surface area contributed by atoms with Gasteiger partial charge in [-0.2, -0.15) is 0 Å². The van der Waals surface area contributed by atoms with Crippen molar-refractivity contribution in [2.24, 2.45) is 23.7 Å². The Kier molecular flexibility index (Phi) is 7.49. The molecule has 2 saturated heterocycles. The molecule has 0 bridgehead atoms. The van der Waals surface area contributed by atoms with Crippen LogP contribution in [0.25, 0.3) is 10.8 Å². The summed E-state index contributed by atoms with van der Waals surface area (Å²) in [6.07, 6.45) is 2.58. The molecule has 6 unspecified atom stereocenters. The van der Waals surface area contributed by atoms with Gasteiger partial charge in [-0.25, -0.2) is 4.90 Å². The molecule has 5 aromatic carbocycles. The van der Waals surface area contributed by atoms with E-state index in [0.29, 0.717) is 33.8 Å². The third kappa shape index (κ3) is 4.55. The molecule has 9 heteroatoms. The van der Waals surface area contributed by atoms with Gasteiger partial charge in [0, 0.05) is 19.9 Å². The highest BCUT2D eigenvalue weighted by molar-refractivity contribution is 14.1. The Hall–Kier alpha value is -4.80. The molecule has 9 rings (SSSR count). The second-order valence-electron chi connectivity index (χ2n) is 13.8. The number of rotatable bonds is 4. The van der Waals surface area contributed by atoms with Gasteiger partial charge in [-0.05, 0) is 106 Å². The summed E-state index contributed by atoms with van der Waals surface area (Å²) in [6, 6.07) is 34.5. The average Bonchev–Trinajstić information content (AvgIpc) is 3.53. The molecule has 7 nitrogen and oxygen atoms in total. The molecule has 252 valence electrons. The normalized spacial score (nSPS) is 27.0. The van der Waals surface area contributed by atoms with Gasteiger partial charge in [0.05, 0.1) is 34.5 Å². The number of carbonyl (C=O) groups is 4. The van der Waals surface area contributed by atoms with Gasteiger partial charge in [-0.1, -0.05) is 90.0 Å². The first-order chi connectivity index (χ1) is 24.7. The van der Waals surface area contributed by atoms with Crippen LogP contribution < -0.4 is 9.80 Å². The van der Waals surface area contributed by atoms with E-state index in [1.807, 2.05) is 72.8 Å². The highest BCUT2D eigenvalue weighted by Gasteiger charge is 2.70. The zero-order chi connectivity index (χ0) is 35.2. The van der Waals surface area contributed by atoms with Gasteiger partial charge in [-0.15, -0.1) is 0 Å². The Morgan fingerprint density at radius 3 is 2.18 bits per heavy atom. The maximum absolute atomic E-state index is 15.5. The number of allylic oxidation sites excluding steroid dienone is 2. The Morgan fingerprint density at radius 2 is 1.43 bits per heavy atom. The molecular formula is C42H30ClIN2O5. The molecule has 0 spiro atoms. The lowest BCUT2D eigenvalue weighted by molar-refractivity contribution is -0.127. The molecule has 1 saturated carbocycles. The highest BCUT2D eigenvalue weighted by Crippen LogP contribution is 2.65. The lowest BCUT2D eigenvalue weighted by Gasteiger charge is -2.51. The smallest absolute Gasteiger partial charge is 0.246 e. The standard InChI is InChI=1S/C42H30ClIN2O5/c43-24-9-6-10-27(21-24)46-39(49)34-22-33-31(17-18-32-36(33)40(50)45(38(32)48)26-15-13-25(44)14-16-26)37(42(34,41(46)51)23-7-2-1-3-8-23)30-19-20-35(47)29-12-5-4-11-28(29)30/h1-17,19-21,32-34,36-37,47H,18,22H2. The highest BCUT2D eigenvalue weighted by atomic mass is 127. The Morgan fingerprint density at radius 1 is 0.706 bits per heavy atom. The van der Waals surface area contributed by atoms with Crippen molar-refractivity contribution >= 4 is 80.0 Å². The van der Waals surface area contributed by atoms with Crippen LogP contribution in [0.4, 0.5) is 11.4 Å². The number of phenolic OH excluding ortho intramolecular Hbond substituents is 1. The van der Waals surface area contributed by atoms with Crippen LogP contribution in [-0.2, 0) is 24.6 Å². The van der Waals surface area contributed by atoms with E-state index in [1.165, 1.54) is 9.80 Å². The summed E-state index contributed by atoms with van der Waals surface area (Å²) in [4.78, 5) is 61.7. The molecule has 0 radical (unpaired) electrons. The molecule has 5 aromatic rings. The van der Waals surface area contributed by atoms with E-state index in [-0.39, 0.29) is 35.8 Å². The van der Waals surface area contributed by atoms with E-state index in [0.717, 1.165) is 20.1 Å². The summed E-state index contributed by atoms with van der Waals surface area (Å²) < 4.78 is 0.985. The fourth-order valence-corrected chi connectivity index (χ4v) is 10.0. The zero-order valence-electron chi connectivity index (χ0n) is 27.1. The van der Waals surface area contributed by atoms with Gasteiger partial charge in [0.25, 0.3) is 0 Å². The van der Waals surface area contributed by atoms with Gasteiger partial charge >= 0.3 is 0 Å². The fraction of sp³-hybridized carbons (Fsp3) is 0.190. The first kappa shape index (κ1) is 32.1. The quantitative estimate of drug-likeness (QED) is 0.112. The fourth-order valence-electron chi connectivity index (χ4n) is 9.49. The van der Waals surface area contributed by atoms with Gasteiger partial charge in [0.15, 0.2) is 0 Å². The third-order valence-electron chi connectivity index (χ3n) is 11.5. The number of phenols is 1. The Bertz CT molecular complexity index is 2340. The van der Waals surface area contributed by atoms with Gasteiger partial charge in [0.1, 0.15) is 5.75 Å². The number of aromatic hydroxyl groups is 1. The summed E-state index contributed by atoms with van der Waals surface area (Å²) in [5, 5.41) is 12.8. The number of imide groups is 2. The number of carbonyl (C=O) groups excluding carboxylic acids is 4. The molecule has 2 heterocycles. The average molecular weight is 805 g/mol. The lowest BCUT2D eigenvalue weighted by atomic mass is 9.49. The second kappa shape index (κ2) is 11.9. The topological polar surface area (TPSA) is 95.0 Å². The summed E-state index contributed by atoms with van der Waals surface area (Å²) in [7, 11) is 0. The van der Waals surface area contributed by atoms with Crippen LogP contribution in [0.15, 0.2) is 127 Å². The monoisotopic (exact) mass is 804 g/mol. The van der Waals surface area contributed by atoms with E-state index in [4.69, 9.17) is 11.6 Å². The van der Waals surface area contributed by atoms with Crippen molar-refractivity contribution in [2.75, 3.05) is 9.80 Å². The largest absolute Gasteiger partial charge is 0.507 e. The zero-order valence-corrected chi connectivity index (χ0v) is 30.0. The first-order valence-electron chi connectivity index (χ1n) is 16.9. The molecule has 3 fully saturated rings. The number of amides is 4. The van der Waals surface area contributed by atoms with Gasteiger partial charge in [-0.3, -0.25) is 24.1 Å². The molecule has 51 heavy (non-hydrogen) atoms. The first-order valence-corrected chi connectivity index (χ1v) is 18.4. The number of halogens is 2. The molecule has 4 amide bonds. The summed E-state index contributed by atoms with van der Waals surface area (Å²) >= 11 is 8.63. The van der Waals surface area contributed by atoms with E-state index in [9.17, 15) is 14.7 Å². The summed E-state index contributed by atoms with van der Waals surface area (Å²) in [6.45, 7) is 0. The molecule has 2 aliphatic carbocycles. The van der Waals surface area contributed by atoms with Crippen molar-refractivity contribution < 1.29 is 24.3 Å². The minimum Gasteiger partial charge on any atom is -0.507 e. The molecule has 4 aliphatic rings. The van der Waals surface area contributed by atoms with Crippen LogP contribution in [-0.4, -0.2) is 28.7 Å². The van der Waals surface area contributed by atoms with Crippen LogP contribution in [0.2, 0.25) is 5.02 Å². The molecule has 0 aromatic heterocycles. The van der Waals surface area contributed by atoms with Crippen LogP contribution in [0.1, 0.15) is 29.9 Å². The molecular weight excluding hydrogens is 775 g/mol. The second-order valence-corrected chi connectivity index (χ2v) is 15.5. The molecule has 6 atom stereocenters. The SMILES string of the molecule is O=C1C2CC=C3C(CC4C(=O)N(c5cccc(Cl)c5)C(=O)C4(c4ccccc4)C3c3ccc(O)c4ccccc34)C2C(=O)N1c1ccc(I)cc1. The van der Waals surface area contributed by atoms with Gasteiger partial charge in [0.2, 0.25) is 23.6 Å². The van der Waals surface area contributed by atoms with E-state index in [2.05, 4.69) is 28.7 Å². The van der Waals surface area contributed by atoms with Crippen LogP contribution in [0, 0.1) is 27.2 Å². The number of anilines is 2. The van der Waals surface area contributed by atoms with Crippen LogP contribution in [0.5, 0.6) is 5.75 Å². The van der Waals surface area contributed by atoms with Crippen LogP contribution >= 0.6 is 34.2 Å². The lowest BCUT2D eigenvalue weighted by Crippen LogP contribution is -2.53. The number of hydrogen-bond donors (Lipinski definition) is 1. The van der Waals surface area contributed by atoms with Crippen molar-refractivity contribution in [1.29, 1.82) is 0 Å². The van der Waals surface area contributed by atoms with Crippen molar-refractivity contribution in [1.82, 2.24) is 0 Å².